The molecule has 0 aliphatic carbocycles. The number of nitrogens with two attached hydrogens (primary N) is 1. The van der Waals surface area contributed by atoms with Gasteiger partial charge in [-0.2, -0.15) is 0 Å². The molecule has 0 radical (unpaired) electrons. The fourth-order valence-electron chi connectivity index (χ4n) is 2.37. The highest BCUT2D eigenvalue weighted by Gasteiger charge is 2.29. The lowest BCUT2D eigenvalue weighted by molar-refractivity contribution is -0.124. The maximum absolute atomic E-state index is 11.3. The molecule has 1 amide bonds. The molecule has 4 nitrogen and oxygen atoms in total. The number of rotatable bonds is 6. The van der Waals surface area contributed by atoms with Gasteiger partial charge in [0.05, 0.1) is 0 Å². The second kappa shape index (κ2) is 6.86. The molecule has 1 aliphatic rings. The first kappa shape index (κ1) is 13.5. The van der Waals surface area contributed by atoms with Crippen LogP contribution in [0.25, 0.3) is 0 Å². The fraction of sp³-hybridized carbons (Fsp3) is 0.917. The summed E-state index contributed by atoms with van der Waals surface area (Å²) in [5.74, 6) is -0.199. The highest BCUT2D eigenvalue weighted by atomic mass is 16.1. The van der Waals surface area contributed by atoms with Gasteiger partial charge in [0.25, 0.3) is 0 Å². The summed E-state index contributed by atoms with van der Waals surface area (Å²) in [6.45, 7) is 7.01. The minimum Gasteiger partial charge on any atom is -0.368 e. The number of piperazine rings is 1. The normalized spacial score (nSPS) is 24.2. The number of carbonyl (C=O) groups excluding carboxylic acids is 1. The van der Waals surface area contributed by atoms with E-state index in [1.165, 1.54) is 19.3 Å². The quantitative estimate of drug-likeness (QED) is 0.657. The van der Waals surface area contributed by atoms with Gasteiger partial charge in [-0.15, -0.1) is 0 Å². The van der Waals surface area contributed by atoms with Gasteiger partial charge in [-0.05, 0) is 13.3 Å². The molecule has 0 aromatic heterocycles. The van der Waals surface area contributed by atoms with Crippen LogP contribution in [0.15, 0.2) is 0 Å². The Morgan fingerprint density at radius 3 is 2.94 bits per heavy atom. The first-order chi connectivity index (χ1) is 7.66. The topological polar surface area (TPSA) is 58.4 Å². The zero-order valence-electron chi connectivity index (χ0n) is 10.5. The third-order valence-electron chi connectivity index (χ3n) is 3.40. The summed E-state index contributed by atoms with van der Waals surface area (Å²) < 4.78 is 0. The van der Waals surface area contributed by atoms with E-state index in [2.05, 4.69) is 24.1 Å². The van der Waals surface area contributed by atoms with Gasteiger partial charge < -0.3 is 11.1 Å². The Bertz CT molecular complexity index is 220. The molecule has 16 heavy (non-hydrogen) atoms. The van der Waals surface area contributed by atoms with Gasteiger partial charge in [0, 0.05) is 25.7 Å². The van der Waals surface area contributed by atoms with E-state index in [1.54, 1.807) is 0 Å². The van der Waals surface area contributed by atoms with E-state index in [4.69, 9.17) is 5.73 Å². The van der Waals surface area contributed by atoms with Crippen LogP contribution in [0.4, 0.5) is 0 Å². The molecule has 2 atom stereocenters. The minimum absolute atomic E-state index is 0.120. The van der Waals surface area contributed by atoms with E-state index in [0.717, 1.165) is 19.5 Å². The molecule has 0 saturated carbocycles. The Balaban J connectivity index is 2.43. The smallest absolute Gasteiger partial charge is 0.236 e. The van der Waals surface area contributed by atoms with Crippen molar-refractivity contribution in [3.63, 3.8) is 0 Å². The summed E-state index contributed by atoms with van der Waals surface area (Å²) in [4.78, 5) is 13.6. The zero-order valence-corrected chi connectivity index (χ0v) is 10.5. The molecule has 0 bridgehead atoms. The average Bonchev–Trinajstić information content (AvgIpc) is 2.29. The summed E-state index contributed by atoms with van der Waals surface area (Å²) in [6.07, 6.45) is 4.93. The van der Waals surface area contributed by atoms with Crippen LogP contribution in [0.5, 0.6) is 0 Å². The van der Waals surface area contributed by atoms with Gasteiger partial charge in [0.15, 0.2) is 0 Å². The largest absolute Gasteiger partial charge is 0.368 e. The second-order valence-corrected chi connectivity index (χ2v) is 4.70. The van der Waals surface area contributed by atoms with Crippen LogP contribution in [-0.4, -0.2) is 42.5 Å². The van der Waals surface area contributed by atoms with Crippen molar-refractivity contribution in [2.45, 2.75) is 51.6 Å². The van der Waals surface area contributed by atoms with Gasteiger partial charge in [-0.3, -0.25) is 9.69 Å². The van der Waals surface area contributed by atoms with Crippen LogP contribution in [0.3, 0.4) is 0 Å². The maximum atomic E-state index is 11.3. The second-order valence-electron chi connectivity index (χ2n) is 4.70. The Labute approximate surface area is 98.6 Å². The average molecular weight is 227 g/mol. The molecular formula is C12H25N3O. The predicted molar refractivity (Wildman–Crippen MR) is 66.2 cm³/mol. The SMILES string of the molecule is CCCCCC(C)N1CCNCC1C(N)=O. The maximum Gasteiger partial charge on any atom is 0.236 e. The van der Waals surface area contributed by atoms with Crippen molar-refractivity contribution in [1.29, 1.82) is 0 Å². The summed E-state index contributed by atoms with van der Waals surface area (Å²) in [6, 6.07) is 0.344. The van der Waals surface area contributed by atoms with Crippen LogP contribution in [0.2, 0.25) is 0 Å². The van der Waals surface area contributed by atoms with E-state index in [9.17, 15) is 4.79 Å². The van der Waals surface area contributed by atoms with E-state index >= 15 is 0 Å². The number of primary amides is 1. The van der Waals surface area contributed by atoms with E-state index < -0.39 is 0 Å². The number of hydrogen-bond acceptors (Lipinski definition) is 3. The van der Waals surface area contributed by atoms with Crippen molar-refractivity contribution < 1.29 is 4.79 Å². The molecule has 94 valence electrons. The molecule has 4 heteroatoms. The summed E-state index contributed by atoms with van der Waals surface area (Å²) >= 11 is 0. The van der Waals surface area contributed by atoms with Crippen LogP contribution >= 0.6 is 0 Å². The van der Waals surface area contributed by atoms with Crippen molar-refractivity contribution in [2.75, 3.05) is 19.6 Å². The van der Waals surface area contributed by atoms with Crippen LogP contribution in [0.1, 0.15) is 39.5 Å². The highest BCUT2D eigenvalue weighted by molar-refractivity contribution is 5.80. The number of nitrogens with zero attached hydrogens (tertiary/aromatic N) is 1. The van der Waals surface area contributed by atoms with Gasteiger partial charge in [-0.25, -0.2) is 0 Å². The molecule has 0 spiro atoms. The molecule has 3 N–H and O–H groups in total. The van der Waals surface area contributed by atoms with Crippen molar-refractivity contribution in [1.82, 2.24) is 10.2 Å². The lowest BCUT2D eigenvalue weighted by Gasteiger charge is -2.38. The van der Waals surface area contributed by atoms with Gasteiger partial charge in [0.1, 0.15) is 6.04 Å². The van der Waals surface area contributed by atoms with Crippen molar-refractivity contribution in [3.05, 3.63) is 0 Å². The molecule has 1 saturated heterocycles. The fourth-order valence-corrected chi connectivity index (χ4v) is 2.37. The first-order valence-corrected chi connectivity index (χ1v) is 6.42. The lowest BCUT2D eigenvalue weighted by atomic mass is 10.0. The Morgan fingerprint density at radius 1 is 1.56 bits per heavy atom. The molecular weight excluding hydrogens is 202 g/mol. The standard InChI is InChI=1S/C12H25N3O/c1-3-4-5-6-10(2)15-8-7-14-9-11(15)12(13)16/h10-11,14H,3-9H2,1-2H3,(H2,13,16). The van der Waals surface area contributed by atoms with Gasteiger partial charge >= 0.3 is 0 Å². The molecule has 1 aliphatic heterocycles. The number of amides is 1. The molecule has 0 aromatic rings. The molecule has 2 unspecified atom stereocenters. The predicted octanol–water partition coefficient (Wildman–Crippen LogP) is 0.714. The first-order valence-electron chi connectivity index (χ1n) is 6.42. The van der Waals surface area contributed by atoms with E-state index in [-0.39, 0.29) is 11.9 Å². The van der Waals surface area contributed by atoms with Crippen LogP contribution in [0, 0.1) is 0 Å². The minimum atomic E-state index is -0.199. The monoisotopic (exact) mass is 227 g/mol. The number of nitrogens with one attached hydrogen (secondary N) is 1. The van der Waals surface area contributed by atoms with Crippen molar-refractivity contribution in [3.8, 4) is 0 Å². The summed E-state index contributed by atoms with van der Waals surface area (Å²) in [5, 5.41) is 3.23. The lowest BCUT2D eigenvalue weighted by Crippen LogP contribution is -2.59. The van der Waals surface area contributed by atoms with E-state index in [0.29, 0.717) is 12.6 Å². The molecule has 1 rings (SSSR count). The highest BCUT2D eigenvalue weighted by Crippen LogP contribution is 2.14. The third-order valence-corrected chi connectivity index (χ3v) is 3.40. The summed E-state index contributed by atoms with van der Waals surface area (Å²) in [7, 11) is 0. The molecule has 1 fully saturated rings. The van der Waals surface area contributed by atoms with Crippen LogP contribution < -0.4 is 11.1 Å². The molecule has 1 heterocycles. The van der Waals surface area contributed by atoms with E-state index in [1.807, 2.05) is 0 Å². The Kier molecular flexibility index (Phi) is 5.77. The summed E-state index contributed by atoms with van der Waals surface area (Å²) in [5.41, 5.74) is 5.43. The zero-order chi connectivity index (χ0) is 12.0. The number of hydrogen-bond donors (Lipinski definition) is 2. The Hall–Kier alpha value is -0.610. The third kappa shape index (κ3) is 3.76. The van der Waals surface area contributed by atoms with Crippen molar-refractivity contribution >= 4 is 5.91 Å². The number of unbranched alkanes of at least 4 members (excludes halogenated alkanes) is 2. The van der Waals surface area contributed by atoms with Crippen LogP contribution in [-0.2, 0) is 4.79 Å². The Morgan fingerprint density at radius 2 is 2.31 bits per heavy atom. The molecule has 0 aromatic carbocycles. The van der Waals surface area contributed by atoms with Crippen molar-refractivity contribution in [2.24, 2.45) is 5.73 Å². The van der Waals surface area contributed by atoms with Gasteiger partial charge in [0.2, 0.25) is 5.91 Å². The van der Waals surface area contributed by atoms with Gasteiger partial charge in [-0.1, -0.05) is 26.2 Å². The number of carbonyl (C=O) groups is 1.